The molecule has 0 aromatic heterocycles. The molecule has 2 heterocycles. The van der Waals surface area contributed by atoms with Crippen LogP contribution in [0.25, 0.3) is 0 Å². The fraction of sp³-hybridized carbons (Fsp3) is 0.966. The monoisotopic (exact) mass is 898 g/mol. The highest BCUT2D eigenvalue weighted by Crippen LogP contribution is 2.37. The van der Waals surface area contributed by atoms with E-state index in [1.807, 2.05) is 0 Å². The van der Waals surface area contributed by atoms with Gasteiger partial charge in [-0.15, -0.1) is 0 Å². The van der Waals surface area contributed by atoms with Gasteiger partial charge in [-0.3, -0.25) is 9.69 Å². The smallest absolute Gasteiger partial charge is 0.252 e. The molecular formula is C58H113N4O2+. The zero-order valence-corrected chi connectivity index (χ0v) is 44.9. The molecule has 1 saturated carbocycles. The number of hydrogen-bond donors (Lipinski definition) is 3. The number of rotatable bonds is 37. The zero-order valence-electron chi connectivity index (χ0n) is 44.9. The molecule has 0 bridgehead atoms. The van der Waals surface area contributed by atoms with Gasteiger partial charge in [0.1, 0.15) is 12.6 Å². The van der Waals surface area contributed by atoms with E-state index in [1.54, 1.807) is 0 Å². The Morgan fingerprint density at radius 2 is 0.766 bits per heavy atom. The average Bonchev–Trinajstić information content (AvgIpc) is 3.20. The van der Waals surface area contributed by atoms with Crippen LogP contribution >= 0.6 is 0 Å². The predicted octanol–water partition coefficient (Wildman–Crippen LogP) is 15.2. The molecule has 376 valence electrons. The Kier molecular flexibility index (Phi) is 27.5. The summed E-state index contributed by atoms with van der Waals surface area (Å²) in [6.07, 6.45) is 46.8. The summed E-state index contributed by atoms with van der Waals surface area (Å²) in [5.74, 6) is 0.212. The molecule has 0 aromatic carbocycles. The molecule has 6 heteroatoms. The summed E-state index contributed by atoms with van der Waals surface area (Å²) in [6.45, 7) is 25.0. The third kappa shape index (κ3) is 22.5. The van der Waals surface area contributed by atoms with Crippen LogP contribution in [0.4, 0.5) is 0 Å². The first-order valence-corrected chi connectivity index (χ1v) is 28.7. The molecule has 0 aromatic rings. The van der Waals surface area contributed by atoms with Gasteiger partial charge in [-0.1, -0.05) is 200 Å². The van der Waals surface area contributed by atoms with E-state index in [0.717, 1.165) is 57.3 Å². The maximum atomic E-state index is 14.8. The van der Waals surface area contributed by atoms with Gasteiger partial charge in [0.2, 0.25) is 5.78 Å². The Morgan fingerprint density at radius 1 is 0.469 bits per heavy atom. The molecule has 1 aliphatic carbocycles. The molecule has 2 aliphatic heterocycles. The number of nitrogens with one attached hydrogen (secondary N) is 2. The Bertz CT molecular complexity index is 1240. The lowest BCUT2D eigenvalue weighted by Gasteiger charge is -2.53. The minimum absolute atomic E-state index is 0.0187. The summed E-state index contributed by atoms with van der Waals surface area (Å²) < 4.78 is 2.45. The van der Waals surface area contributed by atoms with Gasteiger partial charge in [0.25, 0.3) is 5.71 Å². The quantitative estimate of drug-likeness (QED) is 0.0428. The molecule has 0 radical (unpaired) electrons. The molecule has 3 aliphatic rings. The number of piperidine rings is 2. The molecule has 3 fully saturated rings. The van der Waals surface area contributed by atoms with E-state index < -0.39 is 12.1 Å². The van der Waals surface area contributed by atoms with E-state index >= 15 is 0 Å². The number of hydrogen-bond acceptors (Lipinski definition) is 5. The summed E-state index contributed by atoms with van der Waals surface area (Å²) in [5.41, 5.74) is 0.643. The second kappa shape index (κ2) is 30.6. The molecule has 0 amide bonds. The second-order valence-electron chi connectivity index (χ2n) is 24.6. The summed E-state index contributed by atoms with van der Waals surface area (Å²) in [6, 6.07) is 0.109. The van der Waals surface area contributed by atoms with Gasteiger partial charge in [-0.05, 0) is 87.6 Å². The number of aliphatic hydroxyl groups is 1. The average molecular weight is 899 g/mol. The van der Waals surface area contributed by atoms with Crippen molar-refractivity contribution in [2.24, 2.45) is 0 Å². The van der Waals surface area contributed by atoms with Crippen molar-refractivity contribution in [2.45, 2.75) is 347 Å². The van der Waals surface area contributed by atoms with E-state index in [2.05, 4.69) is 89.3 Å². The Morgan fingerprint density at radius 3 is 1.09 bits per heavy atom. The zero-order chi connectivity index (χ0) is 46.9. The molecule has 2 atom stereocenters. The van der Waals surface area contributed by atoms with Crippen molar-refractivity contribution in [3.8, 4) is 0 Å². The first kappa shape index (κ1) is 57.5. The van der Waals surface area contributed by atoms with Crippen LogP contribution in [0.15, 0.2) is 0 Å². The lowest BCUT2D eigenvalue weighted by molar-refractivity contribution is -0.576. The van der Waals surface area contributed by atoms with Crippen molar-refractivity contribution in [3.63, 3.8) is 0 Å². The Labute approximate surface area is 399 Å². The molecular weight excluding hydrogens is 785 g/mol. The number of Topliss-reactive ketones (excluding diaryl/α,β-unsaturated/α-hetero) is 1. The van der Waals surface area contributed by atoms with Crippen LogP contribution in [-0.4, -0.2) is 85.6 Å². The first-order chi connectivity index (χ1) is 30.5. The SMILES string of the molecule is CCCCCCCCCCCCCCCCCCN(C1CC(C)(C)NC(C)(C)C1)C1C(=O)C(=[N+](CCCCCCCCCCCCCCCCCC)C2CC(C)(C)NC(C)(C)C2)C1O. The van der Waals surface area contributed by atoms with Gasteiger partial charge in [-0.25, -0.2) is 4.58 Å². The highest BCUT2D eigenvalue weighted by Gasteiger charge is 2.58. The van der Waals surface area contributed by atoms with Gasteiger partial charge in [0, 0.05) is 47.5 Å². The van der Waals surface area contributed by atoms with Gasteiger partial charge in [0.05, 0.1) is 0 Å². The second-order valence-corrected chi connectivity index (χ2v) is 24.6. The van der Waals surface area contributed by atoms with E-state index in [0.29, 0.717) is 0 Å². The molecule has 6 nitrogen and oxygen atoms in total. The Balaban J connectivity index is 1.55. The molecule has 3 rings (SSSR count). The van der Waals surface area contributed by atoms with E-state index in [1.165, 1.54) is 193 Å². The third-order valence-corrected chi connectivity index (χ3v) is 15.5. The number of aliphatic hydroxyl groups excluding tert-OH is 1. The summed E-state index contributed by atoms with van der Waals surface area (Å²) in [5, 5.41) is 20.1. The van der Waals surface area contributed by atoms with Crippen LogP contribution in [0.5, 0.6) is 0 Å². The lowest BCUT2D eigenvalue weighted by atomic mass is 9.75. The van der Waals surface area contributed by atoms with Crippen LogP contribution < -0.4 is 10.6 Å². The largest absolute Gasteiger partial charge is 0.380 e. The van der Waals surface area contributed by atoms with Crippen LogP contribution in [0.3, 0.4) is 0 Å². The highest BCUT2D eigenvalue weighted by atomic mass is 16.3. The maximum absolute atomic E-state index is 14.8. The number of ketones is 1. The van der Waals surface area contributed by atoms with Crippen LogP contribution in [0.2, 0.25) is 0 Å². The van der Waals surface area contributed by atoms with Crippen molar-refractivity contribution >= 4 is 11.5 Å². The molecule has 3 N–H and O–H groups in total. The molecule has 2 unspecified atom stereocenters. The van der Waals surface area contributed by atoms with Crippen molar-refractivity contribution < 1.29 is 14.5 Å². The molecule has 0 spiro atoms. The lowest BCUT2D eigenvalue weighted by Crippen LogP contribution is -2.73. The van der Waals surface area contributed by atoms with Crippen molar-refractivity contribution in [3.05, 3.63) is 0 Å². The van der Waals surface area contributed by atoms with Crippen LogP contribution in [0.1, 0.15) is 300 Å². The van der Waals surface area contributed by atoms with Crippen molar-refractivity contribution in [1.82, 2.24) is 15.5 Å². The van der Waals surface area contributed by atoms with Crippen LogP contribution in [-0.2, 0) is 4.79 Å². The number of nitrogens with zero attached hydrogens (tertiary/aromatic N) is 2. The highest BCUT2D eigenvalue weighted by molar-refractivity contribution is 6.49. The van der Waals surface area contributed by atoms with E-state index in [9.17, 15) is 9.90 Å². The van der Waals surface area contributed by atoms with Gasteiger partial charge in [0.15, 0.2) is 12.1 Å². The summed E-state index contributed by atoms with van der Waals surface area (Å²) in [7, 11) is 0. The summed E-state index contributed by atoms with van der Waals surface area (Å²) >= 11 is 0. The standard InChI is InChI=1S/C58H113N4O2/c1-11-13-15-17-19-21-23-25-27-29-31-33-35-37-39-41-43-61(49-45-55(3,4)59-56(5,6)46-49)51-53(63)52(54(51)64)62(50-47-57(7,8)60-58(9,10)48-50)44-42-40-38-36-34-32-30-28-26-24-22-20-18-16-14-12-2/h49-51,53,59-60,63H,11-48H2,1-10H3/q+1. The number of carbonyl (C=O) groups is 1. The minimum Gasteiger partial charge on any atom is -0.380 e. The number of carbonyl (C=O) groups excluding carboxylic acids is 1. The fourth-order valence-corrected chi connectivity index (χ4v) is 12.9. The van der Waals surface area contributed by atoms with Crippen molar-refractivity contribution in [1.29, 1.82) is 0 Å². The topological polar surface area (TPSA) is 67.6 Å². The van der Waals surface area contributed by atoms with Gasteiger partial charge >= 0.3 is 0 Å². The van der Waals surface area contributed by atoms with Gasteiger partial charge in [-0.2, -0.15) is 0 Å². The van der Waals surface area contributed by atoms with Crippen LogP contribution in [0, 0.1) is 0 Å². The summed E-state index contributed by atoms with van der Waals surface area (Å²) in [4.78, 5) is 17.3. The fourth-order valence-electron chi connectivity index (χ4n) is 12.9. The minimum atomic E-state index is -0.711. The van der Waals surface area contributed by atoms with E-state index in [4.69, 9.17) is 0 Å². The maximum Gasteiger partial charge on any atom is 0.252 e. The van der Waals surface area contributed by atoms with Crippen molar-refractivity contribution in [2.75, 3.05) is 13.1 Å². The molecule has 2 saturated heterocycles. The molecule has 64 heavy (non-hydrogen) atoms. The predicted molar refractivity (Wildman–Crippen MR) is 279 cm³/mol. The first-order valence-electron chi connectivity index (χ1n) is 28.7. The van der Waals surface area contributed by atoms with Gasteiger partial charge < -0.3 is 15.7 Å². The number of unbranched alkanes of at least 4 members (excludes halogenated alkanes) is 30. The third-order valence-electron chi connectivity index (χ3n) is 15.5. The Hall–Kier alpha value is -0.820. The normalized spacial score (nSPS) is 22.9. The van der Waals surface area contributed by atoms with E-state index in [-0.39, 0.29) is 40.0 Å².